The van der Waals surface area contributed by atoms with Crippen molar-refractivity contribution in [3.8, 4) is 0 Å². The van der Waals surface area contributed by atoms with Gasteiger partial charge in [-0.1, -0.05) is 6.07 Å². The Morgan fingerprint density at radius 2 is 2.00 bits per heavy atom. The van der Waals surface area contributed by atoms with Crippen LogP contribution in [0.4, 0.5) is 10.1 Å². The molecule has 2 rings (SSSR count). The zero-order valence-corrected chi connectivity index (χ0v) is 19.1. The van der Waals surface area contributed by atoms with Crippen LogP contribution in [0.2, 0.25) is 0 Å². The number of anilines is 1. The molecule has 0 unspecified atom stereocenters. The molecule has 27 heavy (non-hydrogen) atoms. The van der Waals surface area contributed by atoms with Crippen molar-refractivity contribution < 1.29 is 9.13 Å². The van der Waals surface area contributed by atoms with Crippen molar-refractivity contribution in [2.75, 3.05) is 58.9 Å². The first-order valence-electron chi connectivity index (χ1n) is 9.56. The van der Waals surface area contributed by atoms with Crippen LogP contribution >= 0.6 is 24.0 Å². The van der Waals surface area contributed by atoms with Gasteiger partial charge < -0.3 is 19.9 Å². The molecule has 1 N–H and O–H groups in total. The smallest absolute Gasteiger partial charge is 0.193 e. The van der Waals surface area contributed by atoms with Crippen molar-refractivity contribution in [2.45, 2.75) is 25.7 Å². The monoisotopic (exact) mass is 492 g/mol. The van der Waals surface area contributed by atoms with Crippen molar-refractivity contribution in [1.29, 1.82) is 0 Å². The molecule has 154 valence electrons. The predicted molar refractivity (Wildman–Crippen MR) is 122 cm³/mol. The van der Waals surface area contributed by atoms with E-state index in [0.717, 1.165) is 56.8 Å². The second kappa shape index (κ2) is 13.1. The van der Waals surface area contributed by atoms with Gasteiger partial charge in [0, 0.05) is 59.7 Å². The van der Waals surface area contributed by atoms with E-state index in [4.69, 9.17) is 4.74 Å². The zero-order chi connectivity index (χ0) is 18.8. The third-order valence-electron chi connectivity index (χ3n) is 4.99. The Labute approximate surface area is 180 Å². The molecule has 7 heteroatoms. The number of nitrogens with one attached hydrogen (secondary N) is 1. The van der Waals surface area contributed by atoms with E-state index in [0.29, 0.717) is 0 Å². The summed E-state index contributed by atoms with van der Waals surface area (Å²) in [5.41, 5.74) is 0.906. The standard InChI is InChI=1S/C20H33FN4O.HI/c1-22-20(25(3)13-8-17-9-14-26-15-10-17)23-11-5-12-24(2)19-7-4-6-18(21)16-19;/h4,6-7,16-17H,5,8-15H2,1-3H3,(H,22,23);1H. The molecule has 1 aliphatic rings. The number of benzene rings is 1. The van der Waals surface area contributed by atoms with Crippen LogP contribution < -0.4 is 10.2 Å². The van der Waals surface area contributed by atoms with Gasteiger partial charge in [-0.3, -0.25) is 4.99 Å². The van der Waals surface area contributed by atoms with E-state index in [-0.39, 0.29) is 29.8 Å². The van der Waals surface area contributed by atoms with Gasteiger partial charge in [0.15, 0.2) is 5.96 Å². The Balaban J connectivity index is 0.00000364. The Hall–Kier alpha value is -1.09. The lowest BCUT2D eigenvalue weighted by Crippen LogP contribution is -2.41. The average molecular weight is 492 g/mol. The summed E-state index contributed by atoms with van der Waals surface area (Å²) in [5.74, 6) is 1.51. The van der Waals surface area contributed by atoms with Crippen LogP contribution in [0, 0.1) is 11.7 Å². The maximum atomic E-state index is 13.3. The lowest BCUT2D eigenvalue weighted by molar-refractivity contribution is 0.0625. The summed E-state index contributed by atoms with van der Waals surface area (Å²) < 4.78 is 18.7. The third kappa shape index (κ3) is 8.64. The minimum atomic E-state index is -0.195. The topological polar surface area (TPSA) is 40.1 Å². The fourth-order valence-corrected chi connectivity index (χ4v) is 3.26. The van der Waals surface area contributed by atoms with Gasteiger partial charge in [-0.25, -0.2) is 4.39 Å². The summed E-state index contributed by atoms with van der Waals surface area (Å²) in [6.07, 6.45) is 4.49. The summed E-state index contributed by atoms with van der Waals surface area (Å²) in [6.45, 7) is 4.51. The van der Waals surface area contributed by atoms with Crippen LogP contribution in [0.15, 0.2) is 29.3 Å². The average Bonchev–Trinajstić information content (AvgIpc) is 2.67. The lowest BCUT2D eigenvalue weighted by Gasteiger charge is -2.27. The van der Waals surface area contributed by atoms with Crippen molar-refractivity contribution in [3.05, 3.63) is 30.1 Å². The van der Waals surface area contributed by atoms with Crippen LogP contribution in [0.25, 0.3) is 0 Å². The number of guanidine groups is 1. The van der Waals surface area contributed by atoms with E-state index in [9.17, 15) is 4.39 Å². The number of hydrogen-bond acceptors (Lipinski definition) is 3. The Bertz CT molecular complexity index is 567. The summed E-state index contributed by atoms with van der Waals surface area (Å²) in [7, 11) is 5.91. The van der Waals surface area contributed by atoms with Crippen LogP contribution in [0.3, 0.4) is 0 Å². The Morgan fingerprint density at radius 1 is 1.26 bits per heavy atom. The van der Waals surface area contributed by atoms with Crippen LogP contribution in [0.5, 0.6) is 0 Å². The Kier molecular flexibility index (Phi) is 11.7. The minimum absolute atomic E-state index is 0. The molecule has 1 heterocycles. The number of halogens is 2. The highest BCUT2D eigenvalue weighted by Crippen LogP contribution is 2.18. The highest BCUT2D eigenvalue weighted by Gasteiger charge is 2.15. The summed E-state index contributed by atoms with van der Waals surface area (Å²) in [4.78, 5) is 8.65. The fourth-order valence-electron chi connectivity index (χ4n) is 3.26. The molecule has 0 spiro atoms. The van der Waals surface area contributed by atoms with Gasteiger partial charge in [0.05, 0.1) is 0 Å². The SMILES string of the molecule is CN=C(NCCCN(C)c1cccc(F)c1)N(C)CCC1CCOCC1.I. The molecule has 1 fully saturated rings. The molecule has 0 amide bonds. The van der Waals surface area contributed by atoms with Gasteiger partial charge in [0.2, 0.25) is 0 Å². The quantitative estimate of drug-likeness (QED) is 0.261. The van der Waals surface area contributed by atoms with E-state index < -0.39 is 0 Å². The molecule has 0 bridgehead atoms. The Morgan fingerprint density at radius 3 is 2.67 bits per heavy atom. The molecule has 1 aromatic carbocycles. The first-order chi connectivity index (χ1) is 12.6. The second-order valence-corrected chi connectivity index (χ2v) is 6.99. The highest BCUT2D eigenvalue weighted by atomic mass is 127. The van der Waals surface area contributed by atoms with Gasteiger partial charge in [-0.15, -0.1) is 24.0 Å². The zero-order valence-electron chi connectivity index (χ0n) is 16.8. The number of ether oxygens (including phenoxy) is 1. The fraction of sp³-hybridized carbons (Fsp3) is 0.650. The van der Waals surface area contributed by atoms with E-state index in [2.05, 4.69) is 27.2 Å². The van der Waals surface area contributed by atoms with E-state index in [1.165, 1.54) is 25.3 Å². The second-order valence-electron chi connectivity index (χ2n) is 6.99. The van der Waals surface area contributed by atoms with Gasteiger partial charge in [-0.05, 0) is 49.8 Å². The van der Waals surface area contributed by atoms with Crippen molar-refractivity contribution in [1.82, 2.24) is 10.2 Å². The van der Waals surface area contributed by atoms with Crippen LogP contribution in [0.1, 0.15) is 25.7 Å². The summed E-state index contributed by atoms with van der Waals surface area (Å²) in [5, 5.41) is 3.43. The minimum Gasteiger partial charge on any atom is -0.381 e. The van der Waals surface area contributed by atoms with Gasteiger partial charge in [0.1, 0.15) is 5.82 Å². The van der Waals surface area contributed by atoms with Crippen molar-refractivity contribution in [2.24, 2.45) is 10.9 Å². The molecule has 0 aromatic heterocycles. The number of hydrogen-bond donors (Lipinski definition) is 1. The molecule has 0 aliphatic carbocycles. The van der Waals surface area contributed by atoms with Crippen LogP contribution in [-0.4, -0.2) is 64.9 Å². The highest BCUT2D eigenvalue weighted by molar-refractivity contribution is 14.0. The first kappa shape index (κ1) is 23.9. The normalized spacial score (nSPS) is 15.2. The third-order valence-corrected chi connectivity index (χ3v) is 4.99. The first-order valence-corrected chi connectivity index (χ1v) is 9.56. The maximum Gasteiger partial charge on any atom is 0.193 e. The molecule has 0 saturated carbocycles. The maximum absolute atomic E-state index is 13.3. The van der Waals surface area contributed by atoms with Gasteiger partial charge in [-0.2, -0.15) is 0 Å². The van der Waals surface area contributed by atoms with Crippen molar-refractivity contribution >= 4 is 35.6 Å². The van der Waals surface area contributed by atoms with Gasteiger partial charge in [0.25, 0.3) is 0 Å². The largest absolute Gasteiger partial charge is 0.381 e. The van der Waals surface area contributed by atoms with Gasteiger partial charge >= 0.3 is 0 Å². The molecule has 1 aliphatic heterocycles. The molecule has 5 nitrogen and oxygen atoms in total. The van der Waals surface area contributed by atoms with Crippen molar-refractivity contribution in [3.63, 3.8) is 0 Å². The predicted octanol–water partition coefficient (Wildman–Crippen LogP) is 3.59. The summed E-state index contributed by atoms with van der Waals surface area (Å²) >= 11 is 0. The molecule has 0 radical (unpaired) electrons. The number of aliphatic imine (C=N–C) groups is 1. The van der Waals surface area contributed by atoms with E-state index >= 15 is 0 Å². The molecular formula is C20H34FIN4O. The number of rotatable bonds is 8. The molecular weight excluding hydrogens is 458 g/mol. The summed E-state index contributed by atoms with van der Waals surface area (Å²) in [6, 6.07) is 6.71. The molecule has 0 atom stereocenters. The number of nitrogens with zero attached hydrogens (tertiary/aromatic N) is 3. The molecule has 1 saturated heterocycles. The van der Waals surface area contributed by atoms with E-state index in [1.54, 1.807) is 12.1 Å². The lowest BCUT2D eigenvalue weighted by atomic mass is 9.96. The van der Waals surface area contributed by atoms with Crippen LogP contribution in [-0.2, 0) is 4.74 Å². The van der Waals surface area contributed by atoms with E-state index in [1.807, 2.05) is 20.2 Å². The molecule has 1 aromatic rings.